The second kappa shape index (κ2) is 16.1. The maximum atomic E-state index is 13.1. The molecule has 4 amide bonds. The maximum absolute atomic E-state index is 13.1. The largest absolute Gasteiger partial charge is 0.382 e. The summed E-state index contributed by atoms with van der Waals surface area (Å²) in [7, 11) is 0. The van der Waals surface area contributed by atoms with Gasteiger partial charge in [0.2, 0.25) is 11.8 Å². The van der Waals surface area contributed by atoms with Crippen LogP contribution in [0.15, 0.2) is 18.2 Å². The number of rotatable bonds is 19. The van der Waals surface area contributed by atoms with Crippen LogP contribution in [0.4, 0.5) is 5.69 Å². The molecule has 0 aromatic heterocycles. The Morgan fingerprint density at radius 1 is 0.842 bits per heavy atom. The Morgan fingerprint density at radius 2 is 1.47 bits per heavy atom. The molecule has 38 heavy (non-hydrogen) atoms. The van der Waals surface area contributed by atoms with Gasteiger partial charge in [-0.05, 0) is 31.5 Å². The molecule has 1 unspecified atom stereocenters. The van der Waals surface area contributed by atoms with Crippen LogP contribution < -0.4 is 16.0 Å². The number of hydrogen-bond donors (Lipinski definition) is 3. The van der Waals surface area contributed by atoms with Crippen LogP contribution in [0.25, 0.3) is 0 Å². The molecule has 2 aliphatic rings. The minimum absolute atomic E-state index is 0.0787. The Hall–Kier alpha value is -2.90. The summed E-state index contributed by atoms with van der Waals surface area (Å²) in [6, 6.07) is 3.94. The Balaban J connectivity index is 1.26. The highest BCUT2D eigenvalue weighted by atomic mass is 16.6. The first-order chi connectivity index (χ1) is 18.5. The van der Waals surface area contributed by atoms with Crippen LogP contribution in [0, 0.1) is 0 Å². The smallest absolute Gasteiger partial charge is 0.264 e. The molecule has 2 heterocycles. The number of nitrogens with zero attached hydrogens (tertiary/aromatic N) is 1. The van der Waals surface area contributed by atoms with Crippen LogP contribution in [-0.2, 0) is 28.5 Å². The van der Waals surface area contributed by atoms with Crippen molar-refractivity contribution < 1.29 is 38.1 Å². The van der Waals surface area contributed by atoms with E-state index in [4.69, 9.17) is 18.9 Å². The van der Waals surface area contributed by atoms with Crippen molar-refractivity contribution in [2.45, 2.75) is 32.2 Å². The Labute approximate surface area is 222 Å². The third-order valence-corrected chi connectivity index (χ3v) is 6.00. The quantitative estimate of drug-likeness (QED) is 0.170. The summed E-state index contributed by atoms with van der Waals surface area (Å²) in [5, 5.41) is 8.59. The lowest BCUT2D eigenvalue weighted by atomic mass is 10.0. The second-order valence-corrected chi connectivity index (χ2v) is 8.80. The molecular formula is C26H38N4O8. The number of ether oxygens (including phenoxy) is 4. The summed E-state index contributed by atoms with van der Waals surface area (Å²) in [5.41, 5.74) is 0.953. The van der Waals surface area contributed by atoms with E-state index in [0.29, 0.717) is 65.1 Å². The number of nitrogens with one attached hydrogen (secondary N) is 3. The molecule has 1 fully saturated rings. The molecule has 1 saturated heterocycles. The van der Waals surface area contributed by atoms with Gasteiger partial charge in [0.1, 0.15) is 6.04 Å². The van der Waals surface area contributed by atoms with Gasteiger partial charge >= 0.3 is 0 Å². The van der Waals surface area contributed by atoms with Crippen LogP contribution in [0.5, 0.6) is 0 Å². The number of imide groups is 2. The summed E-state index contributed by atoms with van der Waals surface area (Å²) in [4.78, 5) is 50.6. The minimum Gasteiger partial charge on any atom is -0.382 e. The first kappa shape index (κ1) is 29.7. The van der Waals surface area contributed by atoms with Gasteiger partial charge in [0.05, 0.1) is 64.0 Å². The molecule has 210 valence electrons. The van der Waals surface area contributed by atoms with Gasteiger partial charge in [0.25, 0.3) is 11.8 Å². The summed E-state index contributed by atoms with van der Waals surface area (Å²) >= 11 is 0. The van der Waals surface area contributed by atoms with Crippen molar-refractivity contribution in [2.75, 3.05) is 77.8 Å². The van der Waals surface area contributed by atoms with Gasteiger partial charge in [-0.3, -0.25) is 29.4 Å². The lowest BCUT2D eigenvalue weighted by molar-refractivity contribution is -0.136. The first-order valence-corrected chi connectivity index (χ1v) is 13.1. The van der Waals surface area contributed by atoms with Crippen LogP contribution in [0.3, 0.4) is 0 Å². The summed E-state index contributed by atoms with van der Waals surface area (Å²) < 4.78 is 21.9. The molecule has 0 saturated carbocycles. The molecule has 0 aliphatic carbocycles. The van der Waals surface area contributed by atoms with E-state index < -0.39 is 29.7 Å². The average molecular weight is 535 g/mol. The lowest BCUT2D eigenvalue weighted by Crippen LogP contribution is -2.54. The number of carbonyl (C=O) groups is 4. The van der Waals surface area contributed by atoms with Crippen molar-refractivity contribution in [1.29, 1.82) is 0 Å². The molecule has 1 aromatic carbocycles. The third-order valence-electron chi connectivity index (χ3n) is 6.00. The minimum atomic E-state index is -0.993. The maximum Gasteiger partial charge on any atom is 0.264 e. The van der Waals surface area contributed by atoms with Gasteiger partial charge in [0.15, 0.2) is 0 Å². The molecule has 3 N–H and O–H groups in total. The summed E-state index contributed by atoms with van der Waals surface area (Å²) in [5.74, 6) is -2.12. The fourth-order valence-electron chi connectivity index (χ4n) is 4.13. The fraction of sp³-hybridized carbons (Fsp3) is 0.615. The third kappa shape index (κ3) is 8.57. The van der Waals surface area contributed by atoms with E-state index in [1.54, 1.807) is 18.2 Å². The van der Waals surface area contributed by atoms with E-state index in [9.17, 15) is 19.2 Å². The Kier molecular flexibility index (Phi) is 12.6. The van der Waals surface area contributed by atoms with E-state index in [0.717, 1.165) is 24.4 Å². The SMILES string of the molecule is CCCNCCOCCOCCOCCOCCNc1cccc2c1C(=O)N(C1CCC(=O)NC1=O)C2=O. The van der Waals surface area contributed by atoms with Crippen molar-refractivity contribution in [3.05, 3.63) is 29.3 Å². The van der Waals surface area contributed by atoms with Crippen molar-refractivity contribution in [3.8, 4) is 0 Å². The predicted molar refractivity (Wildman–Crippen MR) is 138 cm³/mol. The van der Waals surface area contributed by atoms with Crippen LogP contribution >= 0.6 is 0 Å². The monoisotopic (exact) mass is 534 g/mol. The van der Waals surface area contributed by atoms with Crippen LogP contribution in [-0.4, -0.2) is 107 Å². The first-order valence-electron chi connectivity index (χ1n) is 13.1. The molecule has 12 heteroatoms. The van der Waals surface area contributed by atoms with Crippen molar-refractivity contribution in [1.82, 2.24) is 15.5 Å². The molecule has 2 aliphatic heterocycles. The standard InChI is InChI=1S/C26H38N4O8/c1-2-8-27-9-11-35-13-15-37-17-18-38-16-14-36-12-10-28-20-5-3-4-19-23(20)26(34)30(25(19)33)21-6-7-22(31)29-24(21)32/h3-5,21,27-28H,2,6-18H2,1H3,(H,29,31,32). The van der Waals surface area contributed by atoms with Gasteiger partial charge in [-0.1, -0.05) is 13.0 Å². The number of benzene rings is 1. The number of carbonyl (C=O) groups excluding carboxylic acids is 4. The zero-order valence-corrected chi connectivity index (χ0v) is 21.9. The molecule has 1 atom stereocenters. The van der Waals surface area contributed by atoms with Crippen molar-refractivity contribution in [3.63, 3.8) is 0 Å². The van der Waals surface area contributed by atoms with Crippen LogP contribution in [0.2, 0.25) is 0 Å². The van der Waals surface area contributed by atoms with Crippen LogP contribution in [0.1, 0.15) is 46.9 Å². The predicted octanol–water partition coefficient (Wildman–Crippen LogP) is 0.566. The number of hydrogen-bond acceptors (Lipinski definition) is 10. The highest BCUT2D eigenvalue weighted by Crippen LogP contribution is 2.32. The molecule has 1 aromatic rings. The number of amides is 4. The number of fused-ring (bicyclic) bond motifs is 1. The highest BCUT2D eigenvalue weighted by molar-refractivity contribution is 6.25. The summed E-state index contributed by atoms with van der Waals surface area (Å²) in [6.45, 7) is 8.31. The van der Waals surface area contributed by atoms with E-state index in [1.807, 2.05) is 0 Å². The topological polar surface area (TPSA) is 145 Å². The van der Waals surface area contributed by atoms with E-state index in [1.165, 1.54) is 0 Å². The van der Waals surface area contributed by atoms with E-state index in [2.05, 4.69) is 22.9 Å². The fourth-order valence-corrected chi connectivity index (χ4v) is 4.13. The Morgan fingerprint density at radius 3 is 2.11 bits per heavy atom. The average Bonchev–Trinajstić information content (AvgIpc) is 3.16. The second-order valence-electron chi connectivity index (χ2n) is 8.80. The van der Waals surface area contributed by atoms with Gasteiger partial charge in [-0.15, -0.1) is 0 Å². The zero-order valence-electron chi connectivity index (χ0n) is 21.9. The van der Waals surface area contributed by atoms with Gasteiger partial charge in [0, 0.05) is 25.2 Å². The van der Waals surface area contributed by atoms with E-state index in [-0.39, 0.29) is 24.0 Å². The number of anilines is 1. The molecule has 0 radical (unpaired) electrons. The molecular weight excluding hydrogens is 496 g/mol. The molecule has 12 nitrogen and oxygen atoms in total. The summed E-state index contributed by atoms with van der Waals surface area (Å²) in [6.07, 6.45) is 1.31. The highest BCUT2D eigenvalue weighted by Gasteiger charge is 2.45. The normalized spacial score (nSPS) is 17.2. The number of piperidine rings is 1. The Bertz CT molecular complexity index is 957. The van der Waals surface area contributed by atoms with Gasteiger partial charge in [-0.25, -0.2) is 0 Å². The van der Waals surface area contributed by atoms with Gasteiger partial charge in [-0.2, -0.15) is 0 Å². The molecule has 0 bridgehead atoms. The van der Waals surface area contributed by atoms with Crippen molar-refractivity contribution >= 4 is 29.3 Å². The van der Waals surface area contributed by atoms with Crippen molar-refractivity contribution in [2.24, 2.45) is 0 Å². The molecule has 3 rings (SSSR count). The lowest BCUT2D eigenvalue weighted by Gasteiger charge is -2.27. The van der Waals surface area contributed by atoms with Gasteiger partial charge < -0.3 is 29.6 Å². The zero-order chi connectivity index (χ0) is 27.2. The van der Waals surface area contributed by atoms with E-state index >= 15 is 0 Å². The molecule has 0 spiro atoms.